The minimum absolute atomic E-state index is 0.0125. The van der Waals surface area contributed by atoms with Crippen LogP contribution in [-0.2, 0) is 9.59 Å². The van der Waals surface area contributed by atoms with Crippen LogP contribution in [0.4, 0.5) is 40.3 Å². The summed E-state index contributed by atoms with van der Waals surface area (Å²) < 4.78 is 61.1. The highest BCUT2D eigenvalue weighted by atomic mass is 35.5. The Hall–Kier alpha value is -11.9. The third kappa shape index (κ3) is 14.7. The van der Waals surface area contributed by atoms with Gasteiger partial charge in [0.25, 0.3) is 0 Å². The third-order valence-electron chi connectivity index (χ3n) is 25.5. The first kappa shape index (κ1) is 88.7. The predicted octanol–water partition coefficient (Wildman–Crippen LogP) is 21.1. The zero-order valence-electron chi connectivity index (χ0n) is 71.5. The topological polar surface area (TPSA) is 265 Å². The number of halogens is 7. The predicted molar refractivity (Wildman–Crippen MR) is 545 cm³/mol. The van der Waals surface area contributed by atoms with E-state index in [0.29, 0.717) is 81.3 Å². The van der Waals surface area contributed by atoms with Crippen LogP contribution in [0.1, 0.15) is 31.8 Å². The van der Waals surface area contributed by atoms with Gasteiger partial charge in [-0.25, -0.2) is 32.5 Å². The van der Waals surface area contributed by atoms with Crippen LogP contribution in [0, 0.1) is 60.8 Å². The van der Waals surface area contributed by atoms with Crippen LogP contribution in [-0.4, -0.2) is 111 Å². The molecule has 670 valence electrons. The van der Waals surface area contributed by atoms with Gasteiger partial charge in [-0.05, 0) is 97.8 Å². The second-order valence-electron chi connectivity index (χ2n) is 33.9. The Morgan fingerprint density at radius 2 is 0.642 bits per heavy atom. The molecular formula is C102H74Cl3F4N11O7S7. The quantitative estimate of drug-likeness (QED) is 0.0235. The van der Waals surface area contributed by atoms with Gasteiger partial charge in [-0.2, -0.15) is 0 Å². The van der Waals surface area contributed by atoms with E-state index < -0.39 is 69.6 Å². The first-order valence-corrected chi connectivity index (χ1v) is 49.7. The molecule has 7 heterocycles. The van der Waals surface area contributed by atoms with Crippen LogP contribution in [0.25, 0.3) is 94.7 Å². The molecule has 8 N–H and O–H groups in total. The van der Waals surface area contributed by atoms with Gasteiger partial charge in [-0.3, -0.25) is 33.6 Å². The summed E-state index contributed by atoms with van der Waals surface area (Å²) in [5, 5.41) is 19.3. The Balaban J connectivity index is 0.000000102. The molecule has 25 rings (SSSR count). The fourth-order valence-corrected chi connectivity index (χ4v) is 28.8. The van der Waals surface area contributed by atoms with Gasteiger partial charge in [0.1, 0.15) is 15.1 Å². The molecule has 18 aliphatic rings. The number of thioether (sulfide) groups is 4. The molecular weight excluding hydrogens is 1900 g/mol. The molecule has 12 atom stereocenters. The van der Waals surface area contributed by atoms with Crippen molar-refractivity contribution < 1.29 is 36.7 Å². The number of nitrogens with zero attached hydrogens (tertiary/aromatic N) is 5. The third-order valence-corrected chi connectivity index (χ3v) is 36.2. The fourth-order valence-electron chi connectivity index (χ4n) is 19.2. The highest BCUT2D eigenvalue weighted by molar-refractivity contribution is 8.09. The number of aryl methyl sites for hydroxylation is 2. The smallest absolute Gasteiger partial charge is 0.208 e. The van der Waals surface area contributed by atoms with Crippen LogP contribution < -0.4 is 58.8 Å². The first-order valence-electron chi connectivity index (χ1n) is 42.6. The normalized spacial score (nSPS) is 23.2. The Bertz CT molecular complexity index is 7620. The maximum Gasteiger partial charge on any atom is 0.208 e. The number of benzene rings is 10. The zero-order valence-corrected chi connectivity index (χ0v) is 79.4. The maximum atomic E-state index is 14.9. The minimum Gasteiger partial charge on any atom is -0.398 e. The highest BCUT2D eigenvalue weighted by Gasteiger charge is 2.57. The zero-order chi connectivity index (χ0) is 93.2. The van der Waals surface area contributed by atoms with Crippen molar-refractivity contribution in [3.63, 3.8) is 0 Å². The summed E-state index contributed by atoms with van der Waals surface area (Å²) >= 11 is 30.4. The lowest BCUT2D eigenvalue weighted by Crippen LogP contribution is -2.54. The lowest BCUT2D eigenvalue weighted by Gasteiger charge is -2.48. The maximum absolute atomic E-state index is 14.9. The summed E-state index contributed by atoms with van der Waals surface area (Å²) in [6.45, 7) is 3.77. The lowest BCUT2D eigenvalue weighted by atomic mass is 9.68. The Morgan fingerprint density at radius 3 is 0.970 bits per heavy atom. The van der Waals surface area contributed by atoms with Gasteiger partial charge in [0.2, 0.25) is 16.3 Å². The van der Waals surface area contributed by atoms with Gasteiger partial charge >= 0.3 is 0 Å². The largest absolute Gasteiger partial charge is 0.398 e. The summed E-state index contributed by atoms with van der Waals surface area (Å²) in [6, 6.07) is 34.7. The molecule has 0 aromatic heterocycles. The molecule has 18 nitrogen and oxygen atoms in total. The number of anilines is 4. The number of hydrogen-bond acceptors (Lipinski definition) is 25. The van der Waals surface area contributed by atoms with E-state index in [-0.39, 0.29) is 77.6 Å². The van der Waals surface area contributed by atoms with Crippen molar-refractivity contribution in [2.75, 3.05) is 49.5 Å². The summed E-state index contributed by atoms with van der Waals surface area (Å²) in [5.74, 6) is -13.1. The van der Waals surface area contributed by atoms with Gasteiger partial charge in [-0.1, -0.05) is 181 Å². The molecule has 0 radical (unpaired) electrons. The van der Waals surface area contributed by atoms with Gasteiger partial charge in [0.05, 0.1) is 148 Å². The molecule has 0 amide bonds. The van der Waals surface area contributed by atoms with Crippen LogP contribution in [0.5, 0.6) is 0 Å². The Kier molecular flexibility index (Phi) is 23.0. The molecule has 0 fully saturated rings. The van der Waals surface area contributed by atoms with Gasteiger partial charge in [-0.15, -0.1) is 81.1 Å². The highest BCUT2D eigenvalue weighted by Crippen LogP contribution is 2.59. The molecule has 7 aromatic rings. The van der Waals surface area contributed by atoms with Crippen molar-refractivity contribution >= 4 is 225 Å². The van der Waals surface area contributed by atoms with E-state index in [0.717, 1.165) is 100 Å². The number of fused-ring (bicyclic) bond motifs is 25. The second-order valence-corrected chi connectivity index (χ2v) is 43.0. The summed E-state index contributed by atoms with van der Waals surface area (Å²) in [6.07, 6.45) is 35.4. The van der Waals surface area contributed by atoms with E-state index in [2.05, 4.69) is 57.7 Å². The van der Waals surface area contributed by atoms with E-state index >= 15 is 0 Å². The van der Waals surface area contributed by atoms with Crippen LogP contribution in [0.2, 0.25) is 15.1 Å². The van der Waals surface area contributed by atoms with Gasteiger partial charge in [0, 0.05) is 120 Å². The minimum atomic E-state index is -2.10. The molecule has 12 unspecified atom stereocenters. The number of aromatic nitrogens is 3. The summed E-state index contributed by atoms with van der Waals surface area (Å²) in [4.78, 5) is 116. The summed E-state index contributed by atoms with van der Waals surface area (Å²) in [7, 11) is 7.80. The van der Waals surface area contributed by atoms with E-state index in [1.165, 1.54) is 69.7 Å². The number of Topliss-reactive ketones (excluding diaryl/α,β-unsaturated/α-hetero) is 2. The number of hydrogen-bond donors (Lipinski definition) is 6. The van der Waals surface area contributed by atoms with E-state index in [9.17, 15) is 51.1 Å². The second kappa shape index (κ2) is 34.8. The van der Waals surface area contributed by atoms with Crippen LogP contribution in [0.15, 0.2) is 275 Å². The van der Waals surface area contributed by atoms with Crippen molar-refractivity contribution in [1.29, 1.82) is 0 Å². The molecule has 0 saturated heterocycles. The molecule has 0 spiro atoms. The molecule has 0 saturated carbocycles. The molecule has 7 aromatic carbocycles. The monoisotopic (exact) mass is 1970 g/mol. The number of carbonyl (C=O) groups excluding carboxylic acids is 4. The SMILES string of the molecule is CN(C)c1ccc(N(C)C)c2c(=O)c(Cl)c3sc4ccccc4nc-3c12.Cc1ccc(N)c2c3nc4ccccc4sc-3c(Cl)c(=O)c12.Cc1ccc(N)c2c3nc4ccccc4sc-3c(Cl)c(=O)c12.O=C1C=CC(=O)C2C3=C(SC4C=CC=CC4N3)C3=C(NC4C=CC=CC4S3)C12.O=C1c2c(F)c(F)c(F)c(F)c2C(=O)C2C3=C(SC4C=CC=CC4N3)C3=C(NC4C=CC=CC4S3)C12. The van der Waals surface area contributed by atoms with E-state index in [4.69, 9.17) is 61.2 Å². The molecule has 32 heteroatoms. The Morgan fingerprint density at radius 1 is 0.351 bits per heavy atom. The van der Waals surface area contributed by atoms with Crippen molar-refractivity contribution in [3.05, 3.63) is 352 Å². The molecule has 7 aliphatic heterocycles. The standard InChI is InChI=1S/C26H16F4N2O2S2.C22H18N2O2S2.C20H18ClN3OS.2C17H11ClN2OS/c27-17-13-14(18(28)20(30)19(17)29)24(34)16-15(23(13)33)21-25(35-11-7-3-1-5-9(11)31-21)26-22(16)32-10-6-2-4-8-12(10)36-26;25-13-9-10-14(26)18-17(13)19-21(27-15-7-3-1-5-11(15)23-19)22-20(18)24-12-6-2-4-8-16(12)28-22;1-23(2)12-9-10-13(24(3)4)16-15(12)18-20(17(21)19(16)25)26-14-8-6-5-7-11(14)22-18;2*1-8-6-7-9(19)13-12(8)16(21)14(18)17-15(13)20-10-4-2-3-5-11(10)22-17/h1-12,15-16,31-32H;1-12,15-18,23-24H;5-10H,1-4H3;2*2-7H,19H2,1H3. The van der Waals surface area contributed by atoms with Crippen LogP contribution in [0.3, 0.4) is 0 Å². The number of nitrogens with two attached hydrogens (primary N) is 2. The van der Waals surface area contributed by atoms with E-state index in [1.54, 1.807) is 0 Å². The van der Waals surface area contributed by atoms with Crippen molar-refractivity contribution in [3.8, 4) is 31.7 Å². The average molecular weight is 1970 g/mol. The van der Waals surface area contributed by atoms with E-state index in [1.807, 2.05) is 245 Å². The first-order chi connectivity index (χ1) is 64.6. The molecule has 134 heavy (non-hydrogen) atoms. The number of nitrogen functional groups attached to an aromatic ring is 2. The number of nitrogens with one attached hydrogen (secondary N) is 4. The fraction of sp³-hybridized carbons (Fsp3) is 0.176. The molecule has 11 aliphatic carbocycles. The van der Waals surface area contributed by atoms with Gasteiger partial charge < -0.3 is 42.5 Å². The van der Waals surface area contributed by atoms with Crippen molar-refractivity contribution in [2.45, 2.75) is 59.0 Å². The molecule has 0 bridgehead atoms. The number of carbonyl (C=O) groups is 4. The lowest BCUT2D eigenvalue weighted by molar-refractivity contribution is -0.127. The van der Waals surface area contributed by atoms with Crippen LogP contribution >= 0.6 is 116 Å². The number of para-hydroxylation sites is 3. The average Bonchev–Trinajstić information content (AvgIpc) is 0.689. The number of allylic oxidation sites excluding steroid dienone is 14. The van der Waals surface area contributed by atoms with Crippen molar-refractivity contribution in [1.82, 2.24) is 36.2 Å². The Labute approximate surface area is 807 Å². The summed E-state index contributed by atoms with van der Waals surface area (Å²) in [5.41, 5.74) is 21.9. The number of ketones is 4. The van der Waals surface area contributed by atoms with Crippen molar-refractivity contribution in [2.24, 2.45) is 23.7 Å². The van der Waals surface area contributed by atoms with Gasteiger partial charge in [0.15, 0.2) is 46.4 Å². The number of rotatable bonds is 2.